The Morgan fingerprint density at radius 1 is 1.04 bits per heavy atom. The number of nitrogens with zero attached hydrogens (tertiary/aromatic N) is 4. The molecule has 2 heterocycles. The van der Waals surface area contributed by atoms with Gasteiger partial charge in [-0.25, -0.2) is 29.5 Å². The van der Waals surface area contributed by atoms with Gasteiger partial charge in [-0.05, 0) is 31.9 Å². The Hall–Kier alpha value is -1.38. The van der Waals surface area contributed by atoms with E-state index >= 15 is 0 Å². The average molecular weight is 490 g/mol. The molecule has 0 spiro atoms. The molecule has 25 heavy (non-hydrogen) atoms. The molecule has 6 N–H and O–H groups in total. The number of hydrogen-bond donors (Lipinski definition) is 3. The molecule has 0 aliphatic rings. The molecule has 0 unspecified atom stereocenters. The van der Waals surface area contributed by atoms with Gasteiger partial charge in [-0.1, -0.05) is 0 Å². The molecule has 0 aliphatic heterocycles. The molecule has 0 aliphatic carbocycles. The maximum Gasteiger partial charge on any atom is 1.00 e. The molecule has 0 atom stereocenters. The molecule has 2 rings (SSSR count). The zero-order valence-corrected chi connectivity index (χ0v) is 18.1. The summed E-state index contributed by atoms with van der Waals surface area (Å²) >= 11 is 6.03. The summed E-state index contributed by atoms with van der Waals surface area (Å²) in [7, 11) is 1.25. The molecule has 0 radical (unpaired) electrons. The Balaban J connectivity index is 0. The Morgan fingerprint density at radius 3 is 1.80 bits per heavy atom. The van der Waals surface area contributed by atoms with E-state index in [4.69, 9.17) is 16.6 Å². The Bertz CT molecular complexity index is 751. The quantitative estimate of drug-likeness (QED) is 0.310. The summed E-state index contributed by atoms with van der Waals surface area (Å²) in [4.78, 5) is 36.0. The summed E-state index contributed by atoms with van der Waals surface area (Å²) < 4.78 is 5.22. The third kappa shape index (κ3) is 8.02. The molecule has 0 saturated heterocycles. The summed E-state index contributed by atoms with van der Waals surface area (Å²) in [6, 6.07) is 0. The molecular weight excluding hydrogens is 479 g/mol. The maximum absolute atomic E-state index is 11.0. The van der Waals surface area contributed by atoms with Crippen LogP contribution in [0.15, 0.2) is 21.6 Å². The van der Waals surface area contributed by atoms with Crippen LogP contribution in [0.25, 0.3) is 0 Å². The third-order valence-electron chi connectivity index (χ3n) is 2.12. The Kier molecular flexibility index (Phi) is 12.5. The fourth-order valence-corrected chi connectivity index (χ4v) is 1.72. The first-order valence-electron chi connectivity index (χ1n) is 5.63. The van der Waals surface area contributed by atoms with Gasteiger partial charge in [0, 0.05) is 0 Å². The van der Waals surface area contributed by atoms with E-state index < -0.39 is 11.9 Å². The van der Waals surface area contributed by atoms with Gasteiger partial charge in [0.1, 0.15) is 9.21 Å². The number of nitrogen functional groups attached to an aromatic ring is 2. The predicted molar refractivity (Wildman–Crippen MR) is 88.5 cm³/mol. The van der Waals surface area contributed by atoms with Crippen LogP contribution < -0.4 is 41.0 Å². The molecule has 0 amide bonds. The standard InChI is InChI=1S/C6H6BrN3O2.C5H4BrN3O2.Na.H2O/c1-12-6(11)4-5(8)9-2-3(7)10-4;6-2-1-8-4(7)3(9-2)5(10)11;;/h2H,1H3,(H2,8,9);1H,(H2,7,8)(H,10,11);;1H2/q;;+1;/p-1. The van der Waals surface area contributed by atoms with Crippen LogP contribution >= 0.6 is 31.9 Å². The first-order chi connectivity index (χ1) is 10.8. The van der Waals surface area contributed by atoms with Gasteiger partial charge < -0.3 is 26.8 Å². The van der Waals surface area contributed by atoms with E-state index in [-0.39, 0.29) is 58.1 Å². The van der Waals surface area contributed by atoms with Crippen molar-refractivity contribution in [3.63, 3.8) is 0 Å². The van der Waals surface area contributed by atoms with Crippen molar-refractivity contribution in [1.82, 2.24) is 19.9 Å². The number of esters is 1. The third-order valence-corrected chi connectivity index (χ3v) is 2.89. The van der Waals surface area contributed by atoms with Crippen molar-refractivity contribution in [3.8, 4) is 0 Å². The van der Waals surface area contributed by atoms with E-state index in [0.717, 1.165) is 0 Å². The van der Waals surface area contributed by atoms with Gasteiger partial charge in [0.2, 0.25) is 0 Å². The van der Waals surface area contributed by atoms with Gasteiger partial charge in [0.15, 0.2) is 23.0 Å². The summed E-state index contributed by atoms with van der Waals surface area (Å²) in [5, 5.41) is 8.49. The number of rotatable bonds is 2. The molecule has 2 aromatic rings. The first kappa shape index (κ1) is 25.9. The van der Waals surface area contributed by atoms with Gasteiger partial charge >= 0.3 is 41.5 Å². The number of ether oxygens (including phenoxy) is 1. The van der Waals surface area contributed by atoms with Crippen LogP contribution in [0.3, 0.4) is 0 Å². The fourth-order valence-electron chi connectivity index (χ4n) is 1.16. The van der Waals surface area contributed by atoms with Gasteiger partial charge in [-0.3, -0.25) is 0 Å². The molecule has 130 valence electrons. The summed E-state index contributed by atoms with van der Waals surface area (Å²) in [6.07, 6.45) is 2.74. The maximum atomic E-state index is 11.0. The van der Waals surface area contributed by atoms with E-state index in [1.165, 1.54) is 19.5 Å². The number of halogens is 2. The summed E-state index contributed by atoms with van der Waals surface area (Å²) in [6.45, 7) is 0. The second-order valence-electron chi connectivity index (χ2n) is 3.65. The molecule has 2 aromatic heterocycles. The van der Waals surface area contributed by atoms with Crippen molar-refractivity contribution in [1.29, 1.82) is 0 Å². The number of carbonyl (C=O) groups is 2. The number of carbonyl (C=O) groups excluding carboxylic acids is 1. The van der Waals surface area contributed by atoms with E-state index in [1.807, 2.05) is 0 Å². The fraction of sp³-hybridized carbons (Fsp3) is 0.0909. The second kappa shape index (κ2) is 12.1. The number of carboxylic acids is 1. The molecule has 0 fully saturated rings. The first-order valence-corrected chi connectivity index (χ1v) is 7.22. The number of methoxy groups -OCH3 is 1. The van der Waals surface area contributed by atoms with E-state index in [1.54, 1.807) is 0 Å². The Labute approximate surface area is 180 Å². The zero-order valence-electron chi connectivity index (χ0n) is 13.0. The summed E-state index contributed by atoms with van der Waals surface area (Å²) in [5.74, 6) is -1.80. The minimum absolute atomic E-state index is 0. The number of carboxylic acid groups (broad SMARTS) is 1. The SMILES string of the molecule is COC(=O)c1nc(Br)cnc1N.Nc1ncc(Br)nc1C(=O)O.[Na+].[OH-]. The van der Waals surface area contributed by atoms with E-state index in [2.05, 4.69) is 56.5 Å². The van der Waals surface area contributed by atoms with Crippen LogP contribution in [0.1, 0.15) is 21.0 Å². The van der Waals surface area contributed by atoms with Crippen molar-refractivity contribution < 1.29 is 54.5 Å². The van der Waals surface area contributed by atoms with Crippen molar-refractivity contribution in [2.75, 3.05) is 18.6 Å². The molecule has 0 bridgehead atoms. The van der Waals surface area contributed by atoms with E-state index in [0.29, 0.717) is 9.21 Å². The minimum atomic E-state index is -1.18. The van der Waals surface area contributed by atoms with Gasteiger partial charge in [0.05, 0.1) is 19.5 Å². The van der Waals surface area contributed by atoms with Crippen molar-refractivity contribution in [2.24, 2.45) is 0 Å². The number of nitrogens with two attached hydrogens (primary N) is 2. The van der Waals surface area contributed by atoms with Crippen LogP contribution in [0, 0.1) is 0 Å². The van der Waals surface area contributed by atoms with E-state index in [9.17, 15) is 9.59 Å². The van der Waals surface area contributed by atoms with Crippen molar-refractivity contribution in [2.45, 2.75) is 0 Å². The topological polar surface area (TPSA) is 197 Å². The van der Waals surface area contributed by atoms with Gasteiger partial charge in [-0.15, -0.1) is 0 Å². The monoisotopic (exact) mass is 488 g/mol. The van der Waals surface area contributed by atoms with Crippen LogP contribution in [0.5, 0.6) is 0 Å². The number of anilines is 2. The molecule has 14 heteroatoms. The number of aromatic carboxylic acids is 1. The van der Waals surface area contributed by atoms with Crippen LogP contribution in [0.4, 0.5) is 11.6 Å². The Morgan fingerprint density at radius 2 is 1.44 bits per heavy atom. The molecule has 0 saturated carbocycles. The minimum Gasteiger partial charge on any atom is -0.870 e. The van der Waals surface area contributed by atoms with Crippen LogP contribution in [-0.2, 0) is 4.74 Å². The smallest absolute Gasteiger partial charge is 0.870 e. The molecular formula is C11H11Br2N6NaO5. The zero-order chi connectivity index (χ0) is 17.6. The van der Waals surface area contributed by atoms with Gasteiger partial charge in [-0.2, -0.15) is 0 Å². The molecule has 11 nitrogen and oxygen atoms in total. The largest absolute Gasteiger partial charge is 1.00 e. The normalized spacial score (nSPS) is 8.76. The van der Waals surface area contributed by atoms with Crippen molar-refractivity contribution >= 4 is 55.4 Å². The predicted octanol–water partition coefficient (Wildman–Crippen LogP) is -2.05. The van der Waals surface area contributed by atoms with Gasteiger partial charge in [0.25, 0.3) is 0 Å². The van der Waals surface area contributed by atoms with Crippen molar-refractivity contribution in [3.05, 3.63) is 33.0 Å². The number of aromatic nitrogens is 4. The van der Waals surface area contributed by atoms with Crippen LogP contribution in [0.2, 0.25) is 0 Å². The second-order valence-corrected chi connectivity index (χ2v) is 5.27. The van der Waals surface area contributed by atoms with Crippen LogP contribution in [-0.4, -0.2) is 49.6 Å². The average Bonchev–Trinajstić information content (AvgIpc) is 2.51. The summed E-state index contributed by atoms with van der Waals surface area (Å²) in [5.41, 5.74) is 10.4. The molecule has 0 aromatic carbocycles. The number of hydrogen-bond acceptors (Lipinski definition) is 10.